The van der Waals surface area contributed by atoms with Gasteiger partial charge in [0, 0.05) is 12.7 Å². The van der Waals surface area contributed by atoms with E-state index >= 15 is 0 Å². The van der Waals surface area contributed by atoms with E-state index in [0.717, 1.165) is 6.42 Å². The molecule has 2 rings (SSSR count). The van der Waals surface area contributed by atoms with E-state index in [1.165, 1.54) is 12.7 Å². The standard InChI is InChI=1S/C14H14ClNO2/c1-18-14(17)13-9-12(15)10-16(13)8-7-11-5-3-2-4-6-11/h2-6,9-10H,7-8H2,1H3. The minimum absolute atomic E-state index is 0.366. The Balaban J connectivity index is 2.12. The third-order valence-corrected chi connectivity index (χ3v) is 2.95. The molecule has 0 radical (unpaired) electrons. The van der Waals surface area contributed by atoms with Gasteiger partial charge in [0.05, 0.1) is 12.1 Å². The van der Waals surface area contributed by atoms with Crippen LogP contribution < -0.4 is 0 Å². The molecule has 0 bridgehead atoms. The zero-order chi connectivity index (χ0) is 13.0. The molecule has 94 valence electrons. The van der Waals surface area contributed by atoms with Gasteiger partial charge in [-0.05, 0) is 18.1 Å². The topological polar surface area (TPSA) is 31.2 Å². The number of carbonyl (C=O) groups excluding carboxylic acids is 1. The van der Waals surface area contributed by atoms with Gasteiger partial charge in [-0.25, -0.2) is 4.79 Å². The maximum Gasteiger partial charge on any atom is 0.354 e. The average molecular weight is 264 g/mol. The van der Waals surface area contributed by atoms with Crippen LogP contribution in [0.25, 0.3) is 0 Å². The van der Waals surface area contributed by atoms with Crippen molar-refractivity contribution in [1.29, 1.82) is 0 Å². The molecule has 0 aliphatic carbocycles. The number of aromatic nitrogens is 1. The van der Waals surface area contributed by atoms with E-state index in [1.54, 1.807) is 12.3 Å². The lowest BCUT2D eigenvalue weighted by molar-refractivity contribution is 0.0588. The van der Waals surface area contributed by atoms with Crippen molar-refractivity contribution in [1.82, 2.24) is 4.57 Å². The third-order valence-electron chi connectivity index (χ3n) is 2.74. The van der Waals surface area contributed by atoms with Crippen molar-refractivity contribution in [2.75, 3.05) is 7.11 Å². The Morgan fingerprint density at radius 3 is 2.72 bits per heavy atom. The number of aryl methyl sites for hydroxylation is 2. The largest absolute Gasteiger partial charge is 0.464 e. The second kappa shape index (κ2) is 5.74. The van der Waals surface area contributed by atoms with Gasteiger partial charge in [-0.2, -0.15) is 0 Å². The van der Waals surface area contributed by atoms with Crippen LogP contribution in [0.3, 0.4) is 0 Å². The van der Waals surface area contributed by atoms with Crippen molar-refractivity contribution in [3.63, 3.8) is 0 Å². The van der Waals surface area contributed by atoms with E-state index in [1.807, 2.05) is 22.8 Å². The Bertz CT molecular complexity index is 534. The molecule has 0 atom stereocenters. The van der Waals surface area contributed by atoms with Gasteiger partial charge in [0.2, 0.25) is 0 Å². The summed E-state index contributed by atoms with van der Waals surface area (Å²) in [6.45, 7) is 0.696. The highest BCUT2D eigenvalue weighted by atomic mass is 35.5. The van der Waals surface area contributed by atoms with Crippen molar-refractivity contribution < 1.29 is 9.53 Å². The van der Waals surface area contributed by atoms with E-state index in [4.69, 9.17) is 16.3 Å². The predicted octanol–water partition coefficient (Wildman–Crippen LogP) is 3.17. The van der Waals surface area contributed by atoms with Crippen molar-refractivity contribution in [3.8, 4) is 0 Å². The summed E-state index contributed by atoms with van der Waals surface area (Å²) >= 11 is 5.92. The summed E-state index contributed by atoms with van der Waals surface area (Å²) in [7, 11) is 1.37. The smallest absolute Gasteiger partial charge is 0.354 e. The van der Waals surface area contributed by atoms with E-state index < -0.39 is 0 Å². The highest BCUT2D eigenvalue weighted by Crippen LogP contribution is 2.16. The lowest BCUT2D eigenvalue weighted by Crippen LogP contribution is -2.11. The fraction of sp³-hybridized carbons (Fsp3) is 0.214. The predicted molar refractivity (Wildman–Crippen MR) is 70.9 cm³/mol. The maximum atomic E-state index is 11.6. The van der Waals surface area contributed by atoms with Crippen molar-refractivity contribution >= 4 is 17.6 Å². The number of methoxy groups -OCH3 is 1. The average Bonchev–Trinajstić information content (AvgIpc) is 2.78. The fourth-order valence-electron chi connectivity index (χ4n) is 1.83. The second-order valence-electron chi connectivity index (χ2n) is 3.96. The minimum atomic E-state index is -0.366. The van der Waals surface area contributed by atoms with Crippen molar-refractivity contribution in [2.24, 2.45) is 0 Å². The number of halogens is 1. The number of hydrogen-bond acceptors (Lipinski definition) is 2. The third kappa shape index (κ3) is 2.93. The van der Waals surface area contributed by atoms with Crippen LogP contribution in [0.1, 0.15) is 16.1 Å². The molecule has 18 heavy (non-hydrogen) atoms. The number of hydrogen-bond donors (Lipinski definition) is 0. The van der Waals surface area contributed by atoms with Crippen LogP contribution in [0.5, 0.6) is 0 Å². The van der Waals surface area contributed by atoms with Crippen LogP contribution in [0.4, 0.5) is 0 Å². The van der Waals surface area contributed by atoms with E-state index in [9.17, 15) is 4.79 Å². The lowest BCUT2D eigenvalue weighted by Gasteiger charge is -2.07. The van der Waals surface area contributed by atoms with Crippen molar-refractivity contribution in [2.45, 2.75) is 13.0 Å². The molecule has 0 aliphatic heterocycles. The summed E-state index contributed by atoms with van der Waals surface area (Å²) in [5, 5.41) is 0.545. The quantitative estimate of drug-likeness (QED) is 0.794. The number of esters is 1. The van der Waals surface area contributed by atoms with E-state index in [0.29, 0.717) is 17.3 Å². The number of benzene rings is 1. The molecule has 0 amide bonds. The Kier molecular flexibility index (Phi) is 4.05. The van der Waals surface area contributed by atoms with Crippen LogP contribution in [0.2, 0.25) is 5.02 Å². The Hall–Kier alpha value is -1.74. The first-order valence-corrected chi connectivity index (χ1v) is 6.06. The van der Waals surface area contributed by atoms with Crippen LogP contribution in [0, 0.1) is 0 Å². The van der Waals surface area contributed by atoms with E-state index in [2.05, 4.69) is 12.1 Å². The summed E-state index contributed by atoms with van der Waals surface area (Å²) in [5.74, 6) is -0.366. The number of ether oxygens (including phenoxy) is 1. The molecule has 1 heterocycles. The molecular weight excluding hydrogens is 250 g/mol. The monoisotopic (exact) mass is 263 g/mol. The highest BCUT2D eigenvalue weighted by molar-refractivity contribution is 6.30. The van der Waals surface area contributed by atoms with Gasteiger partial charge in [-0.1, -0.05) is 41.9 Å². The first-order chi connectivity index (χ1) is 8.70. The van der Waals surface area contributed by atoms with Gasteiger partial charge in [0.15, 0.2) is 0 Å². The van der Waals surface area contributed by atoms with Gasteiger partial charge in [0.25, 0.3) is 0 Å². The Labute approximate surface area is 111 Å². The molecule has 0 saturated heterocycles. The molecule has 3 nitrogen and oxygen atoms in total. The maximum absolute atomic E-state index is 11.6. The Morgan fingerprint density at radius 1 is 1.33 bits per heavy atom. The Morgan fingerprint density at radius 2 is 2.06 bits per heavy atom. The molecule has 0 aliphatic rings. The molecule has 0 N–H and O–H groups in total. The van der Waals surface area contributed by atoms with Crippen LogP contribution in [0.15, 0.2) is 42.6 Å². The molecule has 1 aromatic heterocycles. The molecule has 0 fully saturated rings. The molecule has 0 spiro atoms. The lowest BCUT2D eigenvalue weighted by atomic mass is 10.1. The van der Waals surface area contributed by atoms with E-state index in [-0.39, 0.29) is 5.97 Å². The van der Waals surface area contributed by atoms with Crippen LogP contribution >= 0.6 is 11.6 Å². The van der Waals surface area contributed by atoms with Gasteiger partial charge in [-0.3, -0.25) is 0 Å². The molecule has 0 saturated carbocycles. The first kappa shape index (κ1) is 12.7. The second-order valence-corrected chi connectivity index (χ2v) is 4.40. The summed E-state index contributed by atoms with van der Waals surface area (Å²) in [6, 6.07) is 11.7. The normalized spacial score (nSPS) is 10.3. The van der Waals surface area contributed by atoms with Crippen LogP contribution in [-0.2, 0) is 17.7 Å². The molecule has 4 heteroatoms. The number of carbonyl (C=O) groups is 1. The van der Waals surface area contributed by atoms with Gasteiger partial charge in [-0.15, -0.1) is 0 Å². The minimum Gasteiger partial charge on any atom is -0.464 e. The summed E-state index contributed by atoms with van der Waals surface area (Å²) in [4.78, 5) is 11.6. The number of rotatable bonds is 4. The van der Waals surface area contributed by atoms with Crippen LogP contribution in [-0.4, -0.2) is 17.6 Å². The highest BCUT2D eigenvalue weighted by Gasteiger charge is 2.13. The number of nitrogens with zero attached hydrogens (tertiary/aromatic N) is 1. The van der Waals surface area contributed by atoms with Gasteiger partial charge >= 0.3 is 5.97 Å². The summed E-state index contributed by atoms with van der Waals surface area (Å²) in [5.41, 5.74) is 1.71. The van der Waals surface area contributed by atoms with Crippen molar-refractivity contribution in [3.05, 3.63) is 58.9 Å². The first-order valence-electron chi connectivity index (χ1n) is 5.68. The SMILES string of the molecule is COC(=O)c1cc(Cl)cn1CCc1ccccc1. The zero-order valence-corrected chi connectivity index (χ0v) is 10.9. The van der Waals surface area contributed by atoms with Gasteiger partial charge < -0.3 is 9.30 Å². The zero-order valence-electron chi connectivity index (χ0n) is 10.1. The fourth-order valence-corrected chi connectivity index (χ4v) is 2.05. The molecule has 2 aromatic rings. The summed E-state index contributed by atoms with van der Waals surface area (Å²) < 4.78 is 6.54. The molecular formula is C14H14ClNO2. The molecule has 1 aromatic carbocycles. The van der Waals surface area contributed by atoms with Gasteiger partial charge in [0.1, 0.15) is 5.69 Å². The molecule has 0 unspecified atom stereocenters. The summed E-state index contributed by atoms with van der Waals surface area (Å²) in [6.07, 6.45) is 2.59.